The first-order valence-corrected chi connectivity index (χ1v) is 12.6. The molecule has 2 unspecified atom stereocenters. The van der Waals surface area contributed by atoms with Gasteiger partial charge in [-0.2, -0.15) is 0 Å². The Morgan fingerprint density at radius 2 is 1.65 bits per heavy atom. The van der Waals surface area contributed by atoms with Crippen molar-refractivity contribution in [3.63, 3.8) is 0 Å². The van der Waals surface area contributed by atoms with E-state index in [1.165, 1.54) is 14.1 Å². The van der Waals surface area contributed by atoms with E-state index in [1.807, 2.05) is 19.9 Å². The highest BCUT2D eigenvalue weighted by Gasteiger charge is 2.52. The average molecular weight is 507 g/mol. The molecule has 0 bridgehead atoms. The number of hydroxylamine groups is 2. The van der Waals surface area contributed by atoms with Crippen LogP contribution in [-0.4, -0.2) is 78.6 Å². The van der Waals surface area contributed by atoms with Gasteiger partial charge in [0.1, 0.15) is 17.8 Å². The first-order chi connectivity index (χ1) is 17.5. The summed E-state index contributed by atoms with van der Waals surface area (Å²) in [6, 6.07) is 13.3. The maximum Gasteiger partial charge on any atom is 0.254 e. The van der Waals surface area contributed by atoms with Crippen molar-refractivity contribution in [1.82, 2.24) is 19.8 Å². The van der Waals surface area contributed by atoms with Gasteiger partial charge in [0.25, 0.3) is 11.8 Å². The highest BCUT2D eigenvalue weighted by Crippen LogP contribution is 2.32. The van der Waals surface area contributed by atoms with Crippen LogP contribution in [-0.2, 0) is 9.59 Å². The Hall–Kier alpha value is -3.56. The zero-order valence-electron chi connectivity index (χ0n) is 21.7. The normalized spacial score (nSPS) is 20.2. The fourth-order valence-corrected chi connectivity index (χ4v) is 5.19. The molecule has 0 spiro atoms. The van der Waals surface area contributed by atoms with Crippen molar-refractivity contribution in [2.45, 2.75) is 44.8 Å². The van der Waals surface area contributed by atoms with Gasteiger partial charge in [0, 0.05) is 29.8 Å². The number of nitrogens with zero attached hydrogens (tertiary/aromatic N) is 3. The molecule has 0 aromatic heterocycles. The Kier molecular flexibility index (Phi) is 7.47. The molecule has 2 heterocycles. The van der Waals surface area contributed by atoms with E-state index >= 15 is 0 Å². The predicted octanol–water partition coefficient (Wildman–Crippen LogP) is 2.59. The van der Waals surface area contributed by atoms with E-state index in [4.69, 9.17) is 0 Å². The molecule has 3 atom stereocenters. The van der Waals surface area contributed by atoms with Crippen LogP contribution < -0.4 is 9.96 Å². The third kappa shape index (κ3) is 5.57. The molecule has 2 aromatic carbocycles. The lowest BCUT2D eigenvalue weighted by molar-refractivity contribution is -0.138. The second-order valence-electron chi connectivity index (χ2n) is 10.7. The van der Waals surface area contributed by atoms with Crippen molar-refractivity contribution in [3.05, 3.63) is 70.9 Å². The number of ketones is 1. The highest BCUT2D eigenvalue weighted by molar-refractivity contribution is 6.03. The number of benzene rings is 2. The van der Waals surface area contributed by atoms with Crippen LogP contribution >= 0.6 is 0 Å². The van der Waals surface area contributed by atoms with Gasteiger partial charge in [0.2, 0.25) is 5.91 Å². The van der Waals surface area contributed by atoms with Crippen molar-refractivity contribution in [1.29, 1.82) is 0 Å². The first kappa shape index (κ1) is 26.5. The number of carbonyl (C=O) groups is 4. The fourth-order valence-electron chi connectivity index (χ4n) is 5.19. The SMILES string of the molecule is CC(C)C[C@H](NC(=O)c1ccc([N+](C)(C)[O-])cc1)C(=O)N1CCC2C1C(=O)CN2C(=O)c1ccccc1. The van der Waals surface area contributed by atoms with Gasteiger partial charge >= 0.3 is 0 Å². The summed E-state index contributed by atoms with van der Waals surface area (Å²) >= 11 is 0. The van der Waals surface area contributed by atoms with E-state index < -0.39 is 22.6 Å². The Labute approximate surface area is 217 Å². The number of rotatable bonds is 7. The maximum atomic E-state index is 13.7. The van der Waals surface area contributed by atoms with Crippen LogP contribution in [0.5, 0.6) is 0 Å². The Morgan fingerprint density at radius 1 is 1.00 bits per heavy atom. The zero-order chi connectivity index (χ0) is 26.9. The largest absolute Gasteiger partial charge is 0.628 e. The second-order valence-corrected chi connectivity index (χ2v) is 10.7. The van der Waals surface area contributed by atoms with Gasteiger partial charge in [-0.1, -0.05) is 32.0 Å². The summed E-state index contributed by atoms with van der Waals surface area (Å²) in [6.45, 7) is 4.23. The second kappa shape index (κ2) is 10.4. The van der Waals surface area contributed by atoms with E-state index in [9.17, 15) is 24.4 Å². The highest BCUT2D eigenvalue weighted by atomic mass is 16.5. The lowest BCUT2D eigenvalue weighted by Crippen LogP contribution is -2.53. The molecular formula is C28H34N4O5. The van der Waals surface area contributed by atoms with Crippen LogP contribution in [0.3, 0.4) is 0 Å². The van der Waals surface area contributed by atoms with Crippen molar-refractivity contribution < 1.29 is 19.2 Å². The van der Waals surface area contributed by atoms with Gasteiger partial charge in [-0.15, -0.1) is 0 Å². The van der Waals surface area contributed by atoms with Crippen LogP contribution in [0.15, 0.2) is 54.6 Å². The molecule has 0 radical (unpaired) electrons. The summed E-state index contributed by atoms with van der Waals surface area (Å²) in [5.41, 5.74) is 1.36. The van der Waals surface area contributed by atoms with Crippen LogP contribution in [0.2, 0.25) is 0 Å². The summed E-state index contributed by atoms with van der Waals surface area (Å²) in [7, 11) is 2.99. The van der Waals surface area contributed by atoms with E-state index in [0.717, 1.165) is 0 Å². The third-order valence-corrected chi connectivity index (χ3v) is 7.05. The number of hydrogen-bond donors (Lipinski definition) is 1. The standard InChI is InChI=1S/C28H34N4O5/c1-18(2)16-22(29-26(34)19-10-12-21(13-11-19)32(3,4)37)28(36)30-15-14-23-25(30)24(33)17-31(23)27(35)20-8-6-5-7-9-20/h5-13,18,22-23,25H,14-17H2,1-4H3,(H,29,34)/t22-,23?,25?/m0/s1. The van der Waals surface area contributed by atoms with Crippen molar-refractivity contribution >= 4 is 29.2 Å². The topological polar surface area (TPSA) is 110 Å². The van der Waals surface area contributed by atoms with Gasteiger partial charge in [0.15, 0.2) is 5.78 Å². The number of quaternary nitrogens is 1. The van der Waals surface area contributed by atoms with E-state index in [1.54, 1.807) is 58.3 Å². The Balaban J connectivity index is 1.50. The average Bonchev–Trinajstić information content (AvgIpc) is 3.44. The Morgan fingerprint density at radius 3 is 2.24 bits per heavy atom. The molecule has 0 aliphatic carbocycles. The molecule has 196 valence electrons. The van der Waals surface area contributed by atoms with Gasteiger partial charge in [-0.05, 0) is 43.0 Å². The van der Waals surface area contributed by atoms with Crippen LogP contribution in [0.1, 0.15) is 47.4 Å². The molecule has 9 nitrogen and oxygen atoms in total. The molecular weight excluding hydrogens is 472 g/mol. The third-order valence-electron chi connectivity index (χ3n) is 7.05. The summed E-state index contributed by atoms with van der Waals surface area (Å²) in [5.74, 6) is -0.999. The number of likely N-dealkylation sites (tertiary alicyclic amines) is 2. The molecule has 2 aromatic rings. The first-order valence-electron chi connectivity index (χ1n) is 12.6. The lowest BCUT2D eigenvalue weighted by Gasteiger charge is -2.33. The molecule has 37 heavy (non-hydrogen) atoms. The van der Waals surface area contributed by atoms with Crippen molar-refractivity contribution in [2.75, 3.05) is 27.2 Å². The number of hydrogen-bond acceptors (Lipinski definition) is 5. The summed E-state index contributed by atoms with van der Waals surface area (Å²) in [6.07, 6.45) is 0.912. The molecule has 2 saturated heterocycles. The number of fused-ring (bicyclic) bond motifs is 1. The quantitative estimate of drug-likeness (QED) is 0.459. The zero-order valence-corrected chi connectivity index (χ0v) is 21.7. The molecule has 2 fully saturated rings. The number of nitrogens with one attached hydrogen (secondary N) is 1. The lowest BCUT2D eigenvalue weighted by atomic mass is 10.0. The fraction of sp³-hybridized carbons (Fsp3) is 0.429. The minimum atomic E-state index is -0.815. The van der Waals surface area contributed by atoms with Crippen LogP contribution in [0.4, 0.5) is 5.69 Å². The summed E-state index contributed by atoms with van der Waals surface area (Å²) in [4.78, 5) is 55.9. The Bertz CT molecular complexity index is 1170. The van der Waals surface area contributed by atoms with Gasteiger partial charge in [-0.25, -0.2) is 0 Å². The monoisotopic (exact) mass is 506 g/mol. The molecule has 1 N–H and O–H groups in total. The maximum absolute atomic E-state index is 13.7. The smallest absolute Gasteiger partial charge is 0.254 e. The van der Waals surface area contributed by atoms with Crippen LogP contribution in [0.25, 0.3) is 0 Å². The molecule has 4 rings (SSSR count). The number of Topliss-reactive ketones (excluding diaryl/α,β-unsaturated/α-hetero) is 1. The van der Waals surface area contributed by atoms with E-state index in [2.05, 4.69) is 5.32 Å². The van der Waals surface area contributed by atoms with E-state index in [-0.39, 0.29) is 36.1 Å². The number of carbonyl (C=O) groups excluding carboxylic acids is 4. The number of amides is 3. The molecule has 2 aliphatic rings. The minimum Gasteiger partial charge on any atom is -0.628 e. The van der Waals surface area contributed by atoms with Crippen molar-refractivity contribution in [3.8, 4) is 0 Å². The summed E-state index contributed by atoms with van der Waals surface area (Å²) < 4.78 is -0.619. The van der Waals surface area contributed by atoms with Crippen molar-refractivity contribution in [2.24, 2.45) is 5.92 Å². The van der Waals surface area contributed by atoms with Gasteiger partial charge in [-0.3, -0.25) is 19.2 Å². The minimum absolute atomic E-state index is 0.0328. The molecule has 2 aliphatic heterocycles. The predicted molar refractivity (Wildman–Crippen MR) is 141 cm³/mol. The van der Waals surface area contributed by atoms with Crippen LogP contribution in [0, 0.1) is 11.1 Å². The molecule has 3 amide bonds. The molecule has 9 heteroatoms. The van der Waals surface area contributed by atoms with Gasteiger partial charge < -0.3 is 25.0 Å². The summed E-state index contributed by atoms with van der Waals surface area (Å²) in [5, 5.41) is 15.0. The molecule has 0 saturated carbocycles. The van der Waals surface area contributed by atoms with Gasteiger partial charge in [0.05, 0.1) is 26.7 Å². The van der Waals surface area contributed by atoms with E-state index in [0.29, 0.717) is 36.2 Å².